The summed E-state index contributed by atoms with van der Waals surface area (Å²) in [5.74, 6) is 1.75. The first-order valence-corrected chi connectivity index (χ1v) is 7.06. The molecule has 1 aliphatic rings. The van der Waals surface area contributed by atoms with Crippen LogP contribution in [0.3, 0.4) is 0 Å². The summed E-state index contributed by atoms with van der Waals surface area (Å²) in [7, 11) is 0. The molecule has 0 saturated carbocycles. The summed E-state index contributed by atoms with van der Waals surface area (Å²) in [6, 6.07) is 6.23. The van der Waals surface area contributed by atoms with Crippen LogP contribution in [-0.4, -0.2) is 16.5 Å². The van der Waals surface area contributed by atoms with Gasteiger partial charge in [0.25, 0.3) is 0 Å². The monoisotopic (exact) mass is 265 g/mol. The second-order valence-electron chi connectivity index (χ2n) is 5.24. The van der Waals surface area contributed by atoms with Crippen LogP contribution in [0.2, 0.25) is 0 Å². The number of rotatable bonds is 3. The molecule has 0 spiro atoms. The van der Waals surface area contributed by atoms with Crippen molar-refractivity contribution in [2.24, 2.45) is 0 Å². The van der Waals surface area contributed by atoms with Gasteiger partial charge in [0, 0.05) is 11.9 Å². The summed E-state index contributed by atoms with van der Waals surface area (Å²) >= 11 is 0. The number of hydrogen-bond acceptors (Lipinski definition) is 3. The molecule has 102 valence electrons. The zero-order valence-electron chi connectivity index (χ0n) is 12.0. The van der Waals surface area contributed by atoms with Gasteiger partial charge in [-0.1, -0.05) is 35.9 Å². The van der Waals surface area contributed by atoms with E-state index in [1.807, 2.05) is 6.92 Å². The smallest absolute Gasteiger partial charge is 0.137 e. The fourth-order valence-electron chi connectivity index (χ4n) is 2.54. The third kappa shape index (κ3) is 2.57. The second-order valence-corrected chi connectivity index (χ2v) is 5.24. The summed E-state index contributed by atoms with van der Waals surface area (Å²) in [4.78, 5) is 9.11. The molecule has 3 rings (SSSR count). The normalized spacial score (nSPS) is 14.4. The van der Waals surface area contributed by atoms with Gasteiger partial charge in [-0.25, -0.2) is 9.97 Å². The lowest BCUT2D eigenvalue weighted by Crippen LogP contribution is -2.09. The molecule has 1 N–H and O–H groups in total. The van der Waals surface area contributed by atoms with Crippen molar-refractivity contribution in [3.8, 4) is 0 Å². The SMILES string of the molecule is Cc1nc(NCC2=CC=CCC2)c2cccc(C)c2n1. The van der Waals surface area contributed by atoms with Gasteiger partial charge in [-0.3, -0.25) is 0 Å². The molecular formula is C17H19N3. The largest absolute Gasteiger partial charge is 0.366 e. The van der Waals surface area contributed by atoms with Crippen molar-refractivity contribution in [1.29, 1.82) is 0 Å². The fourth-order valence-corrected chi connectivity index (χ4v) is 2.54. The molecule has 0 fully saturated rings. The second kappa shape index (κ2) is 5.45. The summed E-state index contributed by atoms with van der Waals surface area (Å²) in [5.41, 5.74) is 3.65. The first-order valence-electron chi connectivity index (χ1n) is 7.06. The molecule has 3 heteroatoms. The molecule has 0 saturated heterocycles. The first-order chi connectivity index (χ1) is 9.74. The molecule has 2 aromatic rings. The van der Waals surface area contributed by atoms with Crippen molar-refractivity contribution in [2.75, 3.05) is 11.9 Å². The number of allylic oxidation sites excluding steroid dienone is 3. The molecule has 1 aromatic heterocycles. The van der Waals surface area contributed by atoms with Crippen LogP contribution in [-0.2, 0) is 0 Å². The third-order valence-corrected chi connectivity index (χ3v) is 3.62. The number of benzene rings is 1. The van der Waals surface area contributed by atoms with Crippen LogP contribution in [0, 0.1) is 13.8 Å². The van der Waals surface area contributed by atoms with Gasteiger partial charge in [-0.05, 0) is 38.3 Å². The lowest BCUT2D eigenvalue weighted by atomic mass is 10.1. The van der Waals surface area contributed by atoms with Crippen molar-refractivity contribution in [3.05, 3.63) is 53.4 Å². The Morgan fingerprint density at radius 3 is 2.90 bits per heavy atom. The van der Waals surface area contributed by atoms with Crippen LogP contribution in [0.15, 0.2) is 42.0 Å². The van der Waals surface area contributed by atoms with E-state index >= 15 is 0 Å². The average Bonchev–Trinajstić information content (AvgIpc) is 2.47. The van der Waals surface area contributed by atoms with E-state index in [1.54, 1.807) is 0 Å². The zero-order chi connectivity index (χ0) is 13.9. The maximum absolute atomic E-state index is 4.56. The predicted octanol–water partition coefficient (Wildman–Crippen LogP) is 3.93. The highest BCUT2D eigenvalue weighted by Crippen LogP contribution is 2.23. The molecule has 0 amide bonds. The topological polar surface area (TPSA) is 37.8 Å². The Kier molecular flexibility index (Phi) is 3.50. The highest BCUT2D eigenvalue weighted by Gasteiger charge is 2.08. The molecule has 0 radical (unpaired) electrons. The molecule has 1 heterocycles. The average molecular weight is 265 g/mol. The number of fused-ring (bicyclic) bond motifs is 1. The van der Waals surface area contributed by atoms with Gasteiger partial charge in [-0.2, -0.15) is 0 Å². The number of nitrogens with zero attached hydrogens (tertiary/aromatic N) is 2. The standard InChI is InChI=1S/C17H19N3/c1-12-7-6-10-15-16(12)19-13(2)20-17(15)18-11-14-8-4-3-5-9-14/h3-4,6-8,10H,5,9,11H2,1-2H3,(H,18,19,20). The van der Waals surface area contributed by atoms with Gasteiger partial charge in [0.2, 0.25) is 0 Å². The Bertz CT molecular complexity index is 699. The van der Waals surface area contributed by atoms with E-state index in [0.29, 0.717) is 0 Å². The number of nitrogens with one attached hydrogen (secondary N) is 1. The summed E-state index contributed by atoms with van der Waals surface area (Å²) in [6.07, 6.45) is 8.80. The van der Waals surface area contributed by atoms with Crippen LogP contribution in [0.25, 0.3) is 10.9 Å². The molecule has 20 heavy (non-hydrogen) atoms. The number of aromatic nitrogens is 2. The Labute approximate surface area is 119 Å². The highest BCUT2D eigenvalue weighted by molar-refractivity contribution is 5.91. The molecule has 0 bridgehead atoms. The van der Waals surface area contributed by atoms with Gasteiger partial charge in [-0.15, -0.1) is 0 Å². The van der Waals surface area contributed by atoms with E-state index in [4.69, 9.17) is 0 Å². The summed E-state index contributed by atoms with van der Waals surface area (Å²) in [5, 5.41) is 4.57. The molecule has 0 atom stereocenters. The maximum Gasteiger partial charge on any atom is 0.137 e. The van der Waals surface area contributed by atoms with Gasteiger partial charge in [0.1, 0.15) is 11.6 Å². The number of hydrogen-bond donors (Lipinski definition) is 1. The molecule has 3 nitrogen and oxygen atoms in total. The van der Waals surface area contributed by atoms with Gasteiger partial charge < -0.3 is 5.32 Å². The molecule has 0 unspecified atom stereocenters. The Morgan fingerprint density at radius 1 is 1.20 bits per heavy atom. The molecule has 1 aliphatic carbocycles. The number of aryl methyl sites for hydroxylation is 2. The summed E-state index contributed by atoms with van der Waals surface area (Å²) in [6.45, 7) is 4.89. The van der Waals surface area contributed by atoms with Gasteiger partial charge >= 0.3 is 0 Å². The van der Waals surface area contributed by atoms with Crippen LogP contribution in [0.1, 0.15) is 24.2 Å². The van der Waals surface area contributed by atoms with Gasteiger partial charge in [0.05, 0.1) is 5.52 Å². The first kappa shape index (κ1) is 12.9. The van der Waals surface area contributed by atoms with Crippen molar-refractivity contribution in [3.63, 3.8) is 0 Å². The van der Waals surface area contributed by atoms with Crippen molar-refractivity contribution >= 4 is 16.7 Å². The highest BCUT2D eigenvalue weighted by atomic mass is 15.0. The Balaban J connectivity index is 1.92. The van der Waals surface area contributed by atoms with E-state index in [9.17, 15) is 0 Å². The predicted molar refractivity (Wildman–Crippen MR) is 84.0 cm³/mol. The Morgan fingerprint density at radius 2 is 2.10 bits per heavy atom. The van der Waals surface area contributed by atoms with Crippen LogP contribution in [0.4, 0.5) is 5.82 Å². The van der Waals surface area contributed by atoms with E-state index in [1.165, 1.54) is 11.1 Å². The van der Waals surface area contributed by atoms with Gasteiger partial charge in [0.15, 0.2) is 0 Å². The molecular weight excluding hydrogens is 246 g/mol. The van der Waals surface area contributed by atoms with Crippen LogP contribution >= 0.6 is 0 Å². The zero-order valence-corrected chi connectivity index (χ0v) is 12.0. The van der Waals surface area contributed by atoms with Crippen LogP contribution < -0.4 is 5.32 Å². The lowest BCUT2D eigenvalue weighted by Gasteiger charge is -2.13. The van der Waals surface area contributed by atoms with Crippen molar-refractivity contribution in [2.45, 2.75) is 26.7 Å². The molecule has 1 aromatic carbocycles. The minimum Gasteiger partial charge on any atom is -0.366 e. The Hall–Kier alpha value is -2.16. The lowest BCUT2D eigenvalue weighted by molar-refractivity contribution is 0.929. The minimum absolute atomic E-state index is 0.812. The quantitative estimate of drug-likeness (QED) is 0.913. The van der Waals surface area contributed by atoms with Crippen molar-refractivity contribution < 1.29 is 0 Å². The van der Waals surface area contributed by atoms with E-state index < -0.39 is 0 Å². The van der Waals surface area contributed by atoms with Crippen molar-refractivity contribution in [1.82, 2.24) is 9.97 Å². The maximum atomic E-state index is 4.56. The number of anilines is 1. The third-order valence-electron chi connectivity index (χ3n) is 3.62. The molecule has 0 aliphatic heterocycles. The minimum atomic E-state index is 0.812. The summed E-state index contributed by atoms with van der Waals surface area (Å²) < 4.78 is 0. The van der Waals surface area contributed by atoms with E-state index in [2.05, 4.69) is 58.6 Å². The van der Waals surface area contributed by atoms with E-state index in [0.717, 1.165) is 41.9 Å². The van der Waals surface area contributed by atoms with Crippen LogP contribution in [0.5, 0.6) is 0 Å². The fraction of sp³-hybridized carbons (Fsp3) is 0.294. The van der Waals surface area contributed by atoms with E-state index in [-0.39, 0.29) is 0 Å². The number of para-hydroxylation sites is 1.